The van der Waals surface area contributed by atoms with Crippen LogP contribution in [0.1, 0.15) is 122 Å². The molecule has 24 nitrogen and oxygen atoms in total. The topological polar surface area (TPSA) is 299 Å². The summed E-state index contributed by atoms with van der Waals surface area (Å²) < 4.78 is 271. The van der Waals surface area contributed by atoms with E-state index in [0.717, 1.165) is 96.9 Å². The van der Waals surface area contributed by atoms with Crippen molar-refractivity contribution in [3.8, 4) is 34.5 Å². The number of H-pyrrole nitrogens is 1. The molecule has 0 aliphatic carbocycles. The molecule has 0 aliphatic heterocycles. The van der Waals surface area contributed by atoms with E-state index in [4.69, 9.17) is 4.74 Å². The first-order valence-electron chi connectivity index (χ1n) is 38.5. The van der Waals surface area contributed by atoms with Crippen molar-refractivity contribution in [2.24, 2.45) is 0 Å². The van der Waals surface area contributed by atoms with Crippen LogP contribution in [0, 0.1) is 0 Å². The zero-order valence-electron chi connectivity index (χ0n) is 69.5. The second-order valence-corrected chi connectivity index (χ2v) is 31.4. The van der Waals surface area contributed by atoms with Crippen molar-refractivity contribution in [2.45, 2.75) is 120 Å². The van der Waals surface area contributed by atoms with E-state index in [9.17, 15) is 103 Å². The van der Waals surface area contributed by atoms with Crippen LogP contribution < -0.4 is 60.3 Å². The van der Waals surface area contributed by atoms with Crippen LogP contribution in [-0.4, -0.2) is 108 Å². The minimum absolute atomic E-state index is 0.00137. The third-order valence-corrected chi connectivity index (χ3v) is 20.7. The largest absolute Gasteiger partial charge is 0.573 e. The quantitative estimate of drug-likeness (QED) is 0.0186. The Morgan fingerprint density at radius 3 is 0.917 bits per heavy atom. The average molecular weight is 1900 g/mol. The third-order valence-electron chi connectivity index (χ3n) is 18.6. The van der Waals surface area contributed by atoms with Crippen LogP contribution >= 0.6 is 22.7 Å². The van der Waals surface area contributed by atoms with Gasteiger partial charge in [-0.1, -0.05) is 198 Å². The van der Waals surface area contributed by atoms with Crippen LogP contribution in [0.5, 0.6) is 34.5 Å². The number of carbonyl (C=O) groups is 5. The minimum atomic E-state index is -5.06. The number of thiazole rings is 2. The van der Waals surface area contributed by atoms with Gasteiger partial charge in [-0.3, -0.25) is 21.0 Å². The molecule has 0 aliphatic rings. The van der Waals surface area contributed by atoms with E-state index in [-0.39, 0.29) is 91.7 Å². The summed E-state index contributed by atoms with van der Waals surface area (Å²) in [4.78, 5) is 77.7. The maximum absolute atomic E-state index is 13.7. The van der Waals surface area contributed by atoms with E-state index in [1.54, 1.807) is 110 Å². The number of nitrogens with one attached hydrogen (secondary N) is 7. The summed E-state index contributed by atoms with van der Waals surface area (Å²) in [7, 11) is 2.27. The molecular formula is C88H75F18N11O13S2. The second-order valence-electron chi connectivity index (χ2n) is 29.6. The SMILES string of the molecule is CC(C)(C)c1csc(NC(=O)NC(Cc2ccccc2)(c2cccc(OC(F)(F)F)c2)c2cccc(OC(F)(F)F)c2)n1.COC(=O)c1nc(NC(=O)NC(Cc2ccccc2)(c2cccc(OC(F)(F)F)c2)c2cccc(OC(F)(F)F)c2)n[nH]1.COC(=O)c1nc(NC(=O)NC(Cc2ccccc2)(c2cccc(OC(F)(F)F)c2)c2cccc(OC(F)(F)F)c2)sc1C(C)C. The summed E-state index contributed by atoms with van der Waals surface area (Å²) in [6, 6.07) is 51.1. The van der Waals surface area contributed by atoms with Gasteiger partial charge in [0, 0.05) is 34.9 Å². The van der Waals surface area contributed by atoms with Crippen molar-refractivity contribution in [3.05, 3.63) is 314 Å². The van der Waals surface area contributed by atoms with Crippen LogP contribution in [-0.2, 0) is 50.8 Å². The first-order chi connectivity index (χ1) is 61.9. The molecule has 0 saturated carbocycles. The molecule has 0 unspecified atom stereocenters. The Balaban J connectivity index is 0.000000206. The number of ether oxygens (including phenoxy) is 8. The van der Waals surface area contributed by atoms with Gasteiger partial charge in [-0.2, -0.15) is 4.98 Å². The van der Waals surface area contributed by atoms with Gasteiger partial charge in [0.15, 0.2) is 16.0 Å². The number of aromatic amines is 1. The fourth-order valence-corrected chi connectivity index (χ4v) is 15.2. The Labute approximate surface area is 746 Å². The molecule has 9 aromatic carbocycles. The molecule has 0 atom stereocenters. The highest BCUT2D eigenvalue weighted by atomic mass is 32.1. The number of benzene rings is 9. The summed E-state index contributed by atoms with van der Waals surface area (Å²) in [6.45, 7) is 9.45. The number of aromatic nitrogens is 5. The number of nitrogens with zero attached hydrogens (tertiary/aromatic N) is 4. The Morgan fingerprint density at radius 2 is 0.652 bits per heavy atom. The van der Waals surface area contributed by atoms with Crippen LogP contribution in [0.2, 0.25) is 0 Å². The van der Waals surface area contributed by atoms with E-state index < -0.39 is 119 Å². The number of anilines is 3. The lowest BCUT2D eigenvalue weighted by Crippen LogP contribution is -2.50. The highest BCUT2D eigenvalue weighted by molar-refractivity contribution is 7.16. The van der Waals surface area contributed by atoms with Gasteiger partial charge in [-0.25, -0.2) is 33.9 Å². The lowest BCUT2D eigenvalue weighted by atomic mass is 9.77. The molecule has 7 N–H and O–H groups in total. The Bertz CT molecular complexity index is 5760. The number of hydrogen-bond donors (Lipinski definition) is 7. The Hall–Kier alpha value is -14.3. The molecule has 0 saturated heterocycles. The number of hydrogen-bond acceptors (Lipinski definition) is 19. The number of methoxy groups -OCH3 is 2. The first-order valence-corrected chi connectivity index (χ1v) is 40.2. The fourth-order valence-electron chi connectivity index (χ4n) is 13.3. The molecule has 0 radical (unpaired) electrons. The monoisotopic (exact) mass is 1900 g/mol. The van der Waals surface area contributed by atoms with Gasteiger partial charge < -0.3 is 53.8 Å². The van der Waals surface area contributed by atoms with E-state index in [1.807, 2.05) is 20.8 Å². The molecule has 698 valence electrons. The maximum atomic E-state index is 13.7. The summed E-state index contributed by atoms with van der Waals surface area (Å²) in [6.07, 6.45) is -30.6. The third kappa shape index (κ3) is 28.8. The van der Waals surface area contributed by atoms with Gasteiger partial charge in [0.1, 0.15) is 34.5 Å². The average Bonchev–Trinajstić information content (AvgIpc) is 0.800. The Morgan fingerprint density at radius 1 is 0.364 bits per heavy atom. The summed E-state index contributed by atoms with van der Waals surface area (Å²) in [5.74, 6) is -6.23. The summed E-state index contributed by atoms with van der Waals surface area (Å²) in [5, 5.41) is 23.7. The number of halogens is 18. The highest BCUT2D eigenvalue weighted by Crippen LogP contribution is 2.44. The predicted molar refractivity (Wildman–Crippen MR) is 444 cm³/mol. The van der Waals surface area contributed by atoms with Gasteiger partial charge in [0.05, 0.1) is 36.5 Å². The lowest BCUT2D eigenvalue weighted by molar-refractivity contribution is -0.275. The van der Waals surface area contributed by atoms with Crippen LogP contribution in [0.4, 0.5) is 110 Å². The van der Waals surface area contributed by atoms with Crippen LogP contribution in [0.3, 0.4) is 0 Å². The van der Waals surface area contributed by atoms with Crippen molar-refractivity contribution in [1.82, 2.24) is 41.1 Å². The number of amides is 6. The zero-order chi connectivity index (χ0) is 96.4. The number of alkyl halides is 18. The lowest BCUT2D eigenvalue weighted by Gasteiger charge is -2.37. The molecule has 0 spiro atoms. The number of rotatable bonds is 27. The van der Waals surface area contributed by atoms with E-state index >= 15 is 0 Å². The normalized spacial score (nSPS) is 12.1. The van der Waals surface area contributed by atoms with Gasteiger partial charge >= 0.3 is 68.2 Å². The van der Waals surface area contributed by atoms with E-state index in [0.29, 0.717) is 21.6 Å². The predicted octanol–water partition coefficient (Wildman–Crippen LogP) is 22.4. The standard InChI is InChI=1S/C31H27F6N3O5S.C30H27F6N3O3S.C27H21F6N5O5/c1-18(2)25-24(26(41)43-3)38-28(46-25)39-27(42)40-29(17-19-9-5-4-6-10-19,20-11-7-13-22(15-20)44-30(32,33)34)21-12-8-14-23(16-21)45-31(35,36)37;1-27(2,3)24-18-43-26(37-24)38-25(40)39-28(17-19-9-5-4-6-10-19,20-11-7-13-22(15-20)41-29(31,32)33)21-12-8-14-23(16-21)42-30(34,35)36;1-41-22(39)21-34-23(38-37-21)35-24(40)36-25(15-16-7-3-2-4-8-16,17-9-5-11-19(13-17)42-26(28,29)30)18-10-6-12-20(14-18)43-27(31,32)33/h4-16,18H,17H2,1-3H3,(H2,38,39,40,42);4-16,18H,17H2,1-3H3,(H2,37,38,39,40);2-14H,15H2,1H3,(H3,34,35,36,37,38,40). The molecule has 132 heavy (non-hydrogen) atoms. The van der Waals surface area contributed by atoms with E-state index in [1.165, 1.54) is 91.2 Å². The molecule has 12 rings (SSSR count). The minimum Gasteiger partial charge on any atom is -0.464 e. The maximum Gasteiger partial charge on any atom is 0.573 e. The molecule has 0 bridgehead atoms. The van der Waals surface area contributed by atoms with E-state index in [2.05, 4.69) is 90.2 Å². The molecule has 12 aromatic rings. The van der Waals surface area contributed by atoms with Crippen LogP contribution in [0.25, 0.3) is 0 Å². The van der Waals surface area contributed by atoms with Gasteiger partial charge in [-0.15, -0.1) is 107 Å². The Kier molecular flexibility index (Phi) is 31.5. The molecule has 3 aromatic heterocycles. The van der Waals surface area contributed by atoms with Crippen molar-refractivity contribution >= 4 is 68.9 Å². The smallest absolute Gasteiger partial charge is 0.464 e. The number of urea groups is 3. The van der Waals surface area contributed by atoms with Crippen molar-refractivity contribution < 1.29 is 141 Å². The molecular weight excluding hydrogens is 1830 g/mol. The number of esters is 2. The highest BCUT2D eigenvalue weighted by Gasteiger charge is 2.45. The van der Waals surface area contributed by atoms with Crippen molar-refractivity contribution in [3.63, 3.8) is 0 Å². The second kappa shape index (κ2) is 41.6. The summed E-state index contributed by atoms with van der Waals surface area (Å²) in [5.41, 5.74) is -2.96. The van der Waals surface area contributed by atoms with Crippen molar-refractivity contribution in [2.75, 3.05) is 30.2 Å². The molecule has 0 fully saturated rings. The van der Waals surface area contributed by atoms with Crippen molar-refractivity contribution in [1.29, 1.82) is 0 Å². The van der Waals surface area contributed by atoms with Gasteiger partial charge in [0.2, 0.25) is 5.82 Å². The molecule has 6 amide bonds. The zero-order valence-corrected chi connectivity index (χ0v) is 71.1. The van der Waals surface area contributed by atoms with Gasteiger partial charge in [0.25, 0.3) is 5.95 Å². The molecule has 3 heterocycles. The first kappa shape index (κ1) is 99.8. The van der Waals surface area contributed by atoms with Gasteiger partial charge in [-0.05, 0) is 129 Å². The van der Waals surface area contributed by atoms with Crippen LogP contribution in [0.15, 0.2) is 242 Å². The molecule has 44 heteroatoms. The number of carbonyl (C=O) groups excluding carboxylic acids is 5. The fraction of sp³-hybridized carbons (Fsp3) is 0.239. The summed E-state index contributed by atoms with van der Waals surface area (Å²) >= 11 is 2.18.